The molecule has 1 fully saturated rings. The minimum atomic E-state index is -0.838. The van der Waals surface area contributed by atoms with Gasteiger partial charge in [-0.25, -0.2) is 9.78 Å². The molecule has 7 nitrogen and oxygen atoms in total. The maximum Gasteiger partial charge on any atom is 0.407 e. The number of aromatic nitrogens is 2. The van der Waals surface area contributed by atoms with Gasteiger partial charge in [-0.2, -0.15) is 0 Å². The molecule has 0 aliphatic carbocycles. The van der Waals surface area contributed by atoms with E-state index in [1.165, 1.54) is 4.90 Å². The van der Waals surface area contributed by atoms with E-state index in [1.54, 1.807) is 0 Å². The van der Waals surface area contributed by atoms with Gasteiger partial charge in [0.1, 0.15) is 11.5 Å². The molecular weight excluding hydrogens is 282 g/mol. The second-order valence-corrected chi connectivity index (χ2v) is 5.38. The van der Waals surface area contributed by atoms with E-state index in [2.05, 4.69) is 38.8 Å². The molecule has 7 heteroatoms. The fourth-order valence-electron chi connectivity index (χ4n) is 2.94. The molecule has 1 amide bonds. The Labute approximate surface area is 129 Å². The van der Waals surface area contributed by atoms with Crippen molar-refractivity contribution in [2.75, 3.05) is 43.4 Å². The summed E-state index contributed by atoms with van der Waals surface area (Å²) in [6.45, 7) is 4.59. The van der Waals surface area contributed by atoms with Gasteiger partial charge in [0.25, 0.3) is 0 Å². The number of amides is 1. The third-order valence-corrected chi connectivity index (χ3v) is 4.16. The standard InChI is InChI=1S/C15H21N5O2/c1-3-12-14(16-2)20-10-11(4-5-13(20)17-12)18-6-8-19(9-7-18)15(21)22/h4-5,10,16H,3,6-9H2,1-2H3,(H,21,22). The summed E-state index contributed by atoms with van der Waals surface area (Å²) in [5.74, 6) is 1.02. The van der Waals surface area contributed by atoms with Gasteiger partial charge in [-0.15, -0.1) is 0 Å². The molecule has 3 rings (SSSR count). The van der Waals surface area contributed by atoms with Crippen LogP contribution in [0.2, 0.25) is 0 Å². The van der Waals surface area contributed by atoms with Crippen LogP contribution in [0.4, 0.5) is 16.3 Å². The molecule has 0 atom stereocenters. The van der Waals surface area contributed by atoms with Gasteiger partial charge >= 0.3 is 6.09 Å². The van der Waals surface area contributed by atoms with Crippen molar-refractivity contribution in [2.45, 2.75) is 13.3 Å². The lowest BCUT2D eigenvalue weighted by molar-refractivity contribution is 0.142. The van der Waals surface area contributed by atoms with Gasteiger partial charge in [-0.05, 0) is 18.6 Å². The lowest BCUT2D eigenvalue weighted by atomic mass is 10.3. The molecule has 2 aromatic rings. The topological polar surface area (TPSA) is 73.1 Å². The van der Waals surface area contributed by atoms with E-state index in [4.69, 9.17) is 5.11 Å². The number of imidazole rings is 1. The van der Waals surface area contributed by atoms with Gasteiger partial charge in [-0.3, -0.25) is 4.40 Å². The summed E-state index contributed by atoms with van der Waals surface area (Å²) in [5, 5.41) is 12.2. The van der Waals surface area contributed by atoms with Crippen molar-refractivity contribution in [3.8, 4) is 0 Å². The van der Waals surface area contributed by atoms with E-state index >= 15 is 0 Å². The van der Waals surface area contributed by atoms with Crippen molar-refractivity contribution in [2.24, 2.45) is 0 Å². The van der Waals surface area contributed by atoms with Crippen LogP contribution in [0.25, 0.3) is 5.65 Å². The molecule has 1 aliphatic rings. The highest BCUT2D eigenvalue weighted by Gasteiger charge is 2.21. The van der Waals surface area contributed by atoms with Crippen LogP contribution < -0.4 is 10.2 Å². The molecular formula is C15H21N5O2. The van der Waals surface area contributed by atoms with Crippen molar-refractivity contribution in [3.63, 3.8) is 0 Å². The highest BCUT2D eigenvalue weighted by molar-refractivity contribution is 5.66. The van der Waals surface area contributed by atoms with E-state index in [-0.39, 0.29) is 0 Å². The molecule has 1 saturated heterocycles. The first-order chi connectivity index (χ1) is 10.6. The zero-order valence-electron chi connectivity index (χ0n) is 12.9. The van der Waals surface area contributed by atoms with Gasteiger partial charge in [-0.1, -0.05) is 6.92 Å². The molecule has 22 heavy (non-hydrogen) atoms. The fourth-order valence-corrected chi connectivity index (χ4v) is 2.94. The van der Waals surface area contributed by atoms with Gasteiger partial charge in [0.05, 0.1) is 11.4 Å². The number of pyridine rings is 1. The number of anilines is 2. The number of piperazine rings is 1. The van der Waals surface area contributed by atoms with E-state index in [1.807, 2.05) is 13.1 Å². The summed E-state index contributed by atoms with van der Waals surface area (Å²) >= 11 is 0. The first kappa shape index (κ1) is 14.5. The van der Waals surface area contributed by atoms with Gasteiger partial charge < -0.3 is 20.2 Å². The zero-order chi connectivity index (χ0) is 15.7. The number of nitrogens with one attached hydrogen (secondary N) is 1. The smallest absolute Gasteiger partial charge is 0.407 e. The Balaban J connectivity index is 1.87. The molecule has 0 unspecified atom stereocenters. The SMILES string of the molecule is CCc1nc2ccc(N3CCN(C(=O)O)CC3)cn2c1NC. The monoisotopic (exact) mass is 303 g/mol. The summed E-state index contributed by atoms with van der Waals surface area (Å²) in [4.78, 5) is 19.3. The predicted molar refractivity (Wildman–Crippen MR) is 85.9 cm³/mol. The molecule has 2 N–H and O–H groups in total. The highest BCUT2D eigenvalue weighted by atomic mass is 16.4. The molecule has 1 aliphatic heterocycles. The van der Waals surface area contributed by atoms with Crippen LogP contribution in [0, 0.1) is 0 Å². The Kier molecular flexibility index (Phi) is 3.79. The third kappa shape index (κ3) is 2.43. The van der Waals surface area contributed by atoms with Crippen LogP contribution in [0.3, 0.4) is 0 Å². The number of carbonyl (C=O) groups is 1. The number of aryl methyl sites for hydroxylation is 1. The largest absolute Gasteiger partial charge is 0.465 e. The van der Waals surface area contributed by atoms with Crippen LogP contribution in [0.5, 0.6) is 0 Å². The lowest BCUT2D eigenvalue weighted by Crippen LogP contribution is -2.48. The Morgan fingerprint density at radius 3 is 2.64 bits per heavy atom. The first-order valence-corrected chi connectivity index (χ1v) is 7.55. The van der Waals surface area contributed by atoms with Crippen LogP contribution in [-0.2, 0) is 6.42 Å². The first-order valence-electron chi connectivity index (χ1n) is 7.55. The second kappa shape index (κ2) is 5.75. The van der Waals surface area contributed by atoms with E-state index < -0.39 is 6.09 Å². The van der Waals surface area contributed by atoms with Crippen LogP contribution in [-0.4, -0.2) is 58.7 Å². The van der Waals surface area contributed by atoms with Gasteiger partial charge in [0, 0.05) is 39.4 Å². The number of carboxylic acid groups (broad SMARTS) is 1. The summed E-state index contributed by atoms with van der Waals surface area (Å²) in [6, 6.07) is 4.07. The fraction of sp³-hybridized carbons (Fsp3) is 0.467. The summed E-state index contributed by atoms with van der Waals surface area (Å²) in [5.41, 5.74) is 3.07. The normalized spacial score (nSPS) is 15.4. The zero-order valence-corrected chi connectivity index (χ0v) is 12.9. The van der Waals surface area contributed by atoms with Crippen molar-refractivity contribution in [1.29, 1.82) is 0 Å². The van der Waals surface area contributed by atoms with Crippen molar-refractivity contribution in [1.82, 2.24) is 14.3 Å². The Morgan fingerprint density at radius 1 is 1.32 bits per heavy atom. The molecule has 2 aromatic heterocycles. The van der Waals surface area contributed by atoms with Crippen molar-refractivity contribution >= 4 is 23.2 Å². The average molecular weight is 303 g/mol. The van der Waals surface area contributed by atoms with Crippen molar-refractivity contribution in [3.05, 3.63) is 24.0 Å². The predicted octanol–water partition coefficient (Wildman–Crippen LogP) is 1.74. The number of hydrogen-bond acceptors (Lipinski definition) is 4. The molecule has 0 aromatic carbocycles. The van der Waals surface area contributed by atoms with Gasteiger partial charge in [0.2, 0.25) is 0 Å². The number of nitrogens with zero attached hydrogens (tertiary/aromatic N) is 4. The third-order valence-electron chi connectivity index (χ3n) is 4.16. The molecule has 0 saturated carbocycles. The Bertz CT molecular complexity index is 689. The molecule has 0 spiro atoms. The molecule has 0 radical (unpaired) electrons. The van der Waals surface area contributed by atoms with E-state index in [0.29, 0.717) is 26.2 Å². The van der Waals surface area contributed by atoms with Crippen molar-refractivity contribution < 1.29 is 9.90 Å². The van der Waals surface area contributed by atoms with E-state index in [9.17, 15) is 4.79 Å². The minimum absolute atomic E-state index is 0.538. The van der Waals surface area contributed by atoms with Crippen LogP contribution in [0.1, 0.15) is 12.6 Å². The maximum absolute atomic E-state index is 11.0. The maximum atomic E-state index is 11.0. The highest BCUT2D eigenvalue weighted by Crippen LogP contribution is 2.23. The second-order valence-electron chi connectivity index (χ2n) is 5.38. The summed E-state index contributed by atoms with van der Waals surface area (Å²) in [6.07, 6.45) is 2.11. The summed E-state index contributed by atoms with van der Waals surface area (Å²) < 4.78 is 2.07. The number of hydrogen-bond donors (Lipinski definition) is 2. The van der Waals surface area contributed by atoms with Gasteiger partial charge in [0.15, 0.2) is 0 Å². The quantitative estimate of drug-likeness (QED) is 0.903. The Hall–Kier alpha value is -2.44. The molecule has 0 bridgehead atoms. The number of rotatable bonds is 3. The van der Waals surface area contributed by atoms with Crippen LogP contribution >= 0.6 is 0 Å². The summed E-state index contributed by atoms with van der Waals surface area (Å²) in [7, 11) is 1.90. The lowest BCUT2D eigenvalue weighted by Gasteiger charge is -2.34. The molecule has 118 valence electrons. The minimum Gasteiger partial charge on any atom is -0.465 e. The average Bonchev–Trinajstić information content (AvgIpc) is 2.91. The van der Waals surface area contributed by atoms with Crippen LogP contribution in [0.15, 0.2) is 18.3 Å². The molecule has 3 heterocycles. The Morgan fingerprint density at radius 2 is 2.05 bits per heavy atom. The van der Waals surface area contributed by atoms with E-state index in [0.717, 1.165) is 29.3 Å². The number of fused-ring (bicyclic) bond motifs is 1.